The van der Waals surface area contributed by atoms with E-state index in [4.69, 9.17) is 28.9 Å². The average Bonchev–Trinajstić information content (AvgIpc) is 2.26. The second-order valence-corrected chi connectivity index (χ2v) is 4.63. The SMILES string of the molecule is Cc1cccc(Cl)c1Nc1ccc(Cl)cc1N. The van der Waals surface area contributed by atoms with Crippen LogP contribution < -0.4 is 11.1 Å². The summed E-state index contributed by atoms with van der Waals surface area (Å²) in [6.07, 6.45) is 0. The van der Waals surface area contributed by atoms with Gasteiger partial charge in [0, 0.05) is 5.02 Å². The van der Waals surface area contributed by atoms with Crippen molar-refractivity contribution in [2.75, 3.05) is 11.1 Å². The second kappa shape index (κ2) is 4.86. The van der Waals surface area contributed by atoms with Gasteiger partial charge in [0.1, 0.15) is 0 Å². The van der Waals surface area contributed by atoms with Crippen molar-refractivity contribution in [3.63, 3.8) is 0 Å². The number of nitrogens with one attached hydrogen (secondary N) is 1. The standard InChI is InChI=1S/C13H12Cl2N2/c1-8-3-2-4-10(15)13(8)17-12-6-5-9(14)7-11(12)16/h2-7,17H,16H2,1H3. The van der Waals surface area contributed by atoms with E-state index in [1.54, 1.807) is 12.1 Å². The molecule has 0 saturated carbocycles. The van der Waals surface area contributed by atoms with E-state index in [-0.39, 0.29) is 0 Å². The molecule has 0 aliphatic carbocycles. The van der Waals surface area contributed by atoms with E-state index in [0.717, 1.165) is 16.9 Å². The molecule has 0 amide bonds. The molecule has 2 nitrogen and oxygen atoms in total. The molecule has 0 bridgehead atoms. The Labute approximate surface area is 110 Å². The molecule has 0 unspecified atom stereocenters. The Kier molecular flexibility index (Phi) is 3.46. The van der Waals surface area contributed by atoms with Crippen LogP contribution in [-0.2, 0) is 0 Å². The highest BCUT2D eigenvalue weighted by Gasteiger charge is 2.06. The van der Waals surface area contributed by atoms with Crippen LogP contribution >= 0.6 is 23.2 Å². The number of nitrogen functional groups attached to an aromatic ring is 1. The lowest BCUT2D eigenvalue weighted by Gasteiger charge is -2.13. The molecule has 2 aromatic rings. The first-order chi connectivity index (χ1) is 8.08. The van der Waals surface area contributed by atoms with Crippen molar-refractivity contribution in [2.24, 2.45) is 0 Å². The number of benzene rings is 2. The van der Waals surface area contributed by atoms with Gasteiger partial charge in [0.15, 0.2) is 0 Å². The normalized spacial score (nSPS) is 10.3. The fraction of sp³-hybridized carbons (Fsp3) is 0.0769. The smallest absolute Gasteiger partial charge is 0.0643 e. The van der Waals surface area contributed by atoms with E-state index in [9.17, 15) is 0 Å². The number of hydrogen-bond acceptors (Lipinski definition) is 2. The molecule has 0 aromatic heterocycles. The lowest BCUT2D eigenvalue weighted by atomic mass is 10.2. The third kappa shape index (κ3) is 2.65. The molecule has 0 fully saturated rings. The van der Waals surface area contributed by atoms with Crippen LogP contribution in [0.5, 0.6) is 0 Å². The predicted molar refractivity (Wildman–Crippen MR) is 75.3 cm³/mol. The zero-order valence-electron chi connectivity index (χ0n) is 9.30. The maximum absolute atomic E-state index is 6.13. The van der Waals surface area contributed by atoms with Gasteiger partial charge in [-0.3, -0.25) is 0 Å². The van der Waals surface area contributed by atoms with Crippen molar-refractivity contribution in [1.82, 2.24) is 0 Å². The molecular weight excluding hydrogens is 255 g/mol. The lowest BCUT2D eigenvalue weighted by molar-refractivity contribution is 1.43. The number of para-hydroxylation sites is 1. The molecule has 0 heterocycles. The molecule has 0 spiro atoms. The topological polar surface area (TPSA) is 38.0 Å². The summed E-state index contributed by atoms with van der Waals surface area (Å²) in [5.41, 5.74) is 9.20. The van der Waals surface area contributed by atoms with Gasteiger partial charge < -0.3 is 11.1 Å². The Morgan fingerprint density at radius 2 is 1.88 bits per heavy atom. The number of aryl methyl sites for hydroxylation is 1. The minimum atomic E-state index is 0.594. The molecule has 0 aliphatic rings. The molecule has 0 aliphatic heterocycles. The van der Waals surface area contributed by atoms with Crippen LogP contribution in [0, 0.1) is 6.92 Å². The van der Waals surface area contributed by atoms with E-state index in [2.05, 4.69) is 5.32 Å². The quantitative estimate of drug-likeness (QED) is 0.778. The van der Waals surface area contributed by atoms with Gasteiger partial charge in [0.25, 0.3) is 0 Å². The second-order valence-electron chi connectivity index (χ2n) is 3.79. The molecule has 88 valence electrons. The Hall–Kier alpha value is -1.38. The van der Waals surface area contributed by atoms with E-state index in [1.165, 1.54) is 0 Å². The van der Waals surface area contributed by atoms with Gasteiger partial charge in [-0.2, -0.15) is 0 Å². The van der Waals surface area contributed by atoms with E-state index >= 15 is 0 Å². The number of hydrogen-bond donors (Lipinski definition) is 2. The van der Waals surface area contributed by atoms with Crippen LogP contribution in [-0.4, -0.2) is 0 Å². The molecule has 4 heteroatoms. The number of nitrogens with two attached hydrogens (primary N) is 1. The molecule has 0 atom stereocenters. The van der Waals surface area contributed by atoms with Gasteiger partial charge in [0.2, 0.25) is 0 Å². The van der Waals surface area contributed by atoms with Crippen LogP contribution in [0.4, 0.5) is 17.1 Å². The highest BCUT2D eigenvalue weighted by atomic mass is 35.5. The van der Waals surface area contributed by atoms with E-state index < -0.39 is 0 Å². The molecule has 0 saturated heterocycles. The maximum atomic E-state index is 6.13. The van der Waals surface area contributed by atoms with E-state index in [1.807, 2.05) is 31.2 Å². The molecule has 2 rings (SSSR count). The summed E-state index contributed by atoms with van der Waals surface area (Å²) in [5.74, 6) is 0. The van der Waals surface area contributed by atoms with Crippen molar-refractivity contribution < 1.29 is 0 Å². The summed E-state index contributed by atoms with van der Waals surface area (Å²) in [6.45, 7) is 1.99. The van der Waals surface area contributed by atoms with Crippen molar-refractivity contribution in [2.45, 2.75) is 6.92 Å². The van der Waals surface area contributed by atoms with Gasteiger partial charge in [-0.1, -0.05) is 35.3 Å². The Balaban J connectivity index is 2.38. The first-order valence-electron chi connectivity index (χ1n) is 5.15. The monoisotopic (exact) mass is 266 g/mol. The fourth-order valence-electron chi connectivity index (χ4n) is 1.57. The van der Waals surface area contributed by atoms with Crippen molar-refractivity contribution in [3.05, 3.63) is 52.0 Å². The summed E-state index contributed by atoms with van der Waals surface area (Å²) in [5, 5.41) is 4.50. The molecule has 17 heavy (non-hydrogen) atoms. The summed E-state index contributed by atoms with van der Waals surface area (Å²) >= 11 is 12.0. The van der Waals surface area contributed by atoms with Crippen molar-refractivity contribution in [3.8, 4) is 0 Å². The summed E-state index contributed by atoms with van der Waals surface area (Å²) < 4.78 is 0. The van der Waals surface area contributed by atoms with Crippen LogP contribution in [0.25, 0.3) is 0 Å². The first kappa shape index (κ1) is 12.1. The fourth-order valence-corrected chi connectivity index (χ4v) is 2.02. The molecule has 0 radical (unpaired) electrons. The minimum Gasteiger partial charge on any atom is -0.397 e. The van der Waals surface area contributed by atoms with Crippen LogP contribution in [0.2, 0.25) is 10.0 Å². The number of anilines is 3. The Morgan fingerprint density at radius 1 is 1.12 bits per heavy atom. The van der Waals surface area contributed by atoms with Gasteiger partial charge in [-0.15, -0.1) is 0 Å². The minimum absolute atomic E-state index is 0.594. The van der Waals surface area contributed by atoms with E-state index in [0.29, 0.717) is 15.7 Å². The van der Waals surface area contributed by atoms with Crippen molar-refractivity contribution in [1.29, 1.82) is 0 Å². The Morgan fingerprint density at radius 3 is 2.53 bits per heavy atom. The predicted octanol–water partition coefficient (Wildman–Crippen LogP) is 4.63. The Bertz CT molecular complexity index is 533. The largest absolute Gasteiger partial charge is 0.397 e. The molecule has 2 aromatic carbocycles. The summed E-state index contributed by atoms with van der Waals surface area (Å²) in [4.78, 5) is 0. The van der Waals surface area contributed by atoms with Gasteiger partial charge in [-0.05, 0) is 36.8 Å². The summed E-state index contributed by atoms with van der Waals surface area (Å²) in [6, 6.07) is 11.1. The van der Waals surface area contributed by atoms with Crippen LogP contribution in [0.15, 0.2) is 36.4 Å². The van der Waals surface area contributed by atoms with Crippen LogP contribution in [0.1, 0.15) is 5.56 Å². The van der Waals surface area contributed by atoms with Crippen LogP contribution in [0.3, 0.4) is 0 Å². The average molecular weight is 267 g/mol. The highest BCUT2D eigenvalue weighted by Crippen LogP contribution is 2.32. The molecular formula is C13H12Cl2N2. The number of halogens is 2. The number of rotatable bonds is 2. The third-order valence-corrected chi connectivity index (χ3v) is 3.05. The zero-order chi connectivity index (χ0) is 12.4. The first-order valence-corrected chi connectivity index (χ1v) is 5.90. The zero-order valence-corrected chi connectivity index (χ0v) is 10.8. The van der Waals surface area contributed by atoms with Crippen molar-refractivity contribution >= 4 is 40.3 Å². The lowest BCUT2D eigenvalue weighted by Crippen LogP contribution is -1.98. The maximum Gasteiger partial charge on any atom is 0.0643 e. The van der Waals surface area contributed by atoms with Gasteiger partial charge in [0.05, 0.1) is 22.1 Å². The van der Waals surface area contributed by atoms with Gasteiger partial charge >= 0.3 is 0 Å². The summed E-state index contributed by atoms with van der Waals surface area (Å²) in [7, 11) is 0. The molecule has 3 N–H and O–H groups in total. The van der Waals surface area contributed by atoms with Gasteiger partial charge in [-0.25, -0.2) is 0 Å². The third-order valence-electron chi connectivity index (χ3n) is 2.50. The highest BCUT2D eigenvalue weighted by molar-refractivity contribution is 6.33.